The van der Waals surface area contributed by atoms with Gasteiger partial charge in [-0.1, -0.05) is 0 Å². The molecule has 5 rings (SSSR count). The van der Waals surface area contributed by atoms with Gasteiger partial charge in [0.25, 0.3) is 6.43 Å². The highest BCUT2D eigenvalue weighted by atomic mass is 19.3. The lowest BCUT2D eigenvalue weighted by atomic mass is 10.1. The molecule has 2 fully saturated rings. The summed E-state index contributed by atoms with van der Waals surface area (Å²) in [5.41, 5.74) is 0.471. The van der Waals surface area contributed by atoms with Gasteiger partial charge in [-0.2, -0.15) is 10.2 Å². The quantitative estimate of drug-likeness (QED) is 0.434. The number of alkyl carbamates (subject to hydrolysis) is 1. The average Bonchev–Trinajstić information content (AvgIpc) is 3.14. The smallest absolute Gasteiger partial charge is 0.408 e. The van der Waals surface area contributed by atoms with Crippen molar-refractivity contribution in [3.63, 3.8) is 0 Å². The van der Waals surface area contributed by atoms with Crippen LogP contribution < -0.4 is 10.6 Å². The maximum atomic E-state index is 15.0. The van der Waals surface area contributed by atoms with Crippen molar-refractivity contribution >= 4 is 23.2 Å². The van der Waals surface area contributed by atoms with E-state index in [4.69, 9.17) is 14.2 Å². The van der Waals surface area contributed by atoms with Gasteiger partial charge in [0.05, 0.1) is 30.8 Å². The molecule has 0 unspecified atom stereocenters. The molecule has 188 valence electrons. The van der Waals surface area contributed by atoms with Crippen LogP contribution in [0.1, 0.15) is 49.4 Å². The Hall–Kier alpha value is -3.39. The Kier molecular flexibility index (Phi) is 6.01. The van der Waals surface area contributed by atoms with Crippen molar-refractivity contribution in [2.75, 3.05) is 19.0 Å². The normalized spacial score (nSPS) is 23.1. The summed E-state index contributed by atoms with van der Waals surface area (Å²) in [7, 11) is 1.50. The minimum atomic E-state index is -2.82. The lowest BCUT2D eigenvalue weighted by molar-refractivity contribution is 0.0604. The van der Waals surface area contributed by atoms with Crippen LogP contribution in [0.3, 0.4) is 0 Å². The number of amides is 1. The van der Waals surface area contributed by atoms with E-state index in [2.05, 4.69) is 30.9 Å². The Morgan fingerprint density at radius 2 is 2.20 bits per heavy atom. The van der Waals surface area contributed by atoms with Crippen molar-refractivity contribution < 1.29 is 32.2 Å². The first-order valence-corrected chi connectivity index (χ1v) is 11.0. The number of carbonyl (C=O) groups excluding carboxylic acids is 1. The molecule has 3 N–H and O–H groups in total. The monoisotopic (exact) mass is 495 g/mol. The third-order valence-electron chi connectivity index (χ3n) is 5.94. The molecular formula is C21H24F3N7O4. The third kappa shape index (κ3) is 4.89. The van der Waals surface area contributed by atoms with Crippen molar-refractivity contribution in [1.29, 1.82) is 0 Å². The number of anilines is 2. The fourth-order valence-electron chi connectivity index (χ4n) is 3.81. The summed E-state index contributed by atoms with van der Waals surface area (Å²) in [4.78, 5) is 16.0. The highest BCUT2D eigenvalue weighted by Gasteiger charge is 2.44. The molecule has 14 heteroatoms. The summed E-state index contributed by atoms with van der Waals surface area (Å²) in [5.74, 6) is 0.293. The number of methoxy groups -OCH3 is 1. The van der Waals surface area contributed by atoms with E-state index in [-0.39, 0.29) is 36.1 Å². The van der Waals surface area contributed by atoms with E-state index in [9.17, 15) is 18.0 Å². The molecule has 4 heterocycles. The van der Waals surface area contributed by atoms with E-state index in [0.29, 0.717) is 11.2 Å². The fraction of sp³-hybridized carbons (Fsp3) is 0.524. The number of aromatic amines is 1. The number of ether oxygens (including phenoxy) is 3. The summed E-state index contributed by atoms with van der Waals surface area (Å²) < 4.78 is 58.8. The van der Waals surface area contributed by atoms with Crippen molar-refractivity contribution in [3.8, 4) is 0 Å². The van der Waals surface area contributed by atoms with Gasteiger partial charge in [0, 0.05) is 18.7 Å². The lowest BCUT2D eigenvalue weighted by Crippen LogP contribution is -2.39. The topological polar surface area (TPSA) is 128 Å². The van der Waals surface area contributed by atoms with Gasteiger partial charge < -0.3 is 24.8 Å². The van der Waals surface area contributed by atoms with Crippen LogP contribution in [0.5, 0.6) is 0 Å². The molecule has 1 aliphatic heterocycles. The van der Waals surface area contributed by atoms with E-state index >= 15 is 0 Å². The van der Waals surface area contributed by atoms with Crippen molar-refractivity contribution in [3.05, 3.63) is 35.4 Å². The van der Waals surface area contributed by atoms with E-state index < -0.39 is 36.6 Å². The zero-order valence-electron chi connectivity index (χ0n) is 18.9. The number of rotatable bonds is 8. The standard InChI is InChI=1S/C21H24F3N7O4/c1-21(3-4-21)27-20(32)35-14-9-34-17(16(14)22)11-6-15(29-28-11)26-19-13-5-10(8-33-2)30-31(13)7-12(25-19)18(23)24/h5-7,14,16-18H,3-4,8-9H2,1-2H3,(H,27,32)(H2,25,26,28,29)/t14-,16-,17-/m1/s1. The second kappa shape index (κ2) is 9.00. The molecule has 3 aromatic heterocycles. The van der Waals surface area contributed by atoms with Crippen LogP contribution in [0.4, 0.5) is 29.6 Å². The number of H-pyrrole nitrogens is 1. The van der Waals surface area contributed by atoms with Crippen LogP contribution in [0, 0.1) is 0 Å². The number of halogens is 3. The Bertz CT molecular complexity index is 1230. The van der Waals surface area contributed by atoms with Crippen LogP contribution in [0.2, 0.25) is 0 Å². The second-order valence-corrected chi connectivity index (χ2v) is 8.87. The first-order valence-electron chi connectivity index (χ1n) is 11.0. The summed E-state index contributed by atoms with van der Waals surface area (Å²) in [6, 6.07) is 3.12. The number of carbonyl (C=O) groups is 1. The van der Waals surface area contributed by atoms with Crippen LogP contribution in [0.15, 0.2) is 18.3 Å². The third-order valence-corrected chi connectivity index (χ3v) is 5.94. The number of alkyl halides is 3. The number of nitrogens with zero attached hydrogens (tertiary/aromatic N) is 4. The predicted molar refractivity (Wildman–Crippen MR) is 115 cm³/mol. The summed E-state index contributed by atoms with van der Waals surface area (Å²) >= 11 is 0. The van der Waals surface area contributed by atoms with Crippen molar-refractivity contribution in [2.45, 2.75) is 56.7 Å². The molecule has 0 radical (unpaired) electrons. The summed E-state index contributed by atoms with van der Waals surface area (Å²) in [6.07, 6.45) is -4.41. The first-order chi connectivity index (χ1) is 16.7. The van der Waals surface area contributed by atoms with Gasteiger partial charge in [-0.05, 0) is 25.8 Å². The van der Waals surface area contributed by atoms with E-state index in [0.717, 1.165) is 19.0 Å². The van der Waals surface area contributed by atoms with Gasteiger partial charge in [0.1, 0.15) is 17.3 Å². The molecule has 0 spiro atoms. The molecule has 0 bridgehead atoms. The van der Waals surface area contributed by atoms with Gasteiger partial charge >= 0.3 is 6.09 Å². The molecule has 1 amide bonds. The van der Waals surface area contributed by atoms with Crippen LogP contribution in [-0.2, 0) is 20.8 Å². The largest absolute Gasteiger partial charge is 0.441 e. The van der Waals surface area contributed by atoms with Crippen LogP contribution in [0.25, 0.3) is 5.52 Å². The minimum absolute atomic E-state index is 0.0892. The van der Waals surface area contributed by atoms with Crippen LogP contribution >= 0.6 is 0 Å². The summed E-state index contributed by atoms with van der Waals surface area (Å²) in [6.45, 7) is 1.96. The average molecular weight is 495 g/mol. The molecular weight excluding hydrogens is 471 g/mol. The van der Waals surface area contributed by atoms with Gasteiger partial charge in [-0.25, -0.2) is 27.5 Å². The molecule has 0 aromatic carbocycles. The molecule has 11 nitrogen and oxygen atoms in total. The Balaban J connectivity index is 1.30. The second-order valence-electron chi connectivity index (χ2n) is 8.87. The number of hydrogen-bond donors (Lipinski definition) is 3. The molecule has 1 aliphatic carbocycles. The minimum Gasteiger partial charge on any atom is -0.441 e. The summed E-state index contributed by atoms with van der Waals surface area (Å²) in [5, 5.41) is 16.6. The van der Waals surface area contributed by atoms with Gasteiger partial charge in [0.15, 0.2) is 23.9 Å². The molecule has 2 aliphatic rings. The Labute approximate surface area is 197 Å². The number of fused-ring (bicyclic) bond motifs is 1. The molecule has 1 saturated heterocycles. The van der Waals surface area contributed by atoms with Crippen molar-refractivity contribution in [1.82, 2.24) is 30.1 Å². The number of nitrogens with one attached hydrogen (secondary N) is 3. The number of hydrogen-bond acceptors (Lipinski definition) is 8. The van der Waals surface area contributed by atoms with E-state index in [1.54, 1.807) is 6.07 Å². The maximum Gasteiger partial charge on any atom is 0.408 e. The lowest BCUT2D eigenvalue weighted by Gasteiger charge is -2.17. The maximum absolute atomic E-state index is 15.0. The fourth-order valence-corrected chi connectivity index (χ4v) is 3.81. The Morgan fingerprint density at radius 1 is 1.40 bits per heavy atom. The van der Waals surface area contributed by atoms with Crippen molar-refractivity contribution in [2.24, 2.45) is 0 Å². The zero-order valence-corrected chi connectivity index (χ0v) is 18.9. The van der Waals surface area contributed by atoms with Gasteiger partial charge in [-0.15, -0.1) is 0 Å². The highest BCUT2D eigenvalue weighted by molar-refractivity contribution is 5.72. The van der Waals surface area contributed by atoms with Crippen LogP contribution in [-0.4, -0.2) is 62.4 Å². The molecule has 35 heavy (non-hydrogen) atoms. The molecule has 3 atom stereocenters. The number of aromatic nitrogens is 5. The highest BCUT2D eigenvalue weighted by Crippen LogP contribution is 2.36. The van der Waals surface area contributed by atoms with Gasteiger partial charge in [-0.3, -0.25) is 5.10 Å². The zero-order chi connectivity index (χ0) is 24.7. The predicted octanol–water partition coefficient (Wildman–Crippen LogP) is 3.34. The Morgan fingerprint density at radius 3 is 2.91 bits per heavy atom. The molecule has 1 saturated carbocycles. The molecule has 3 aromatic rings. The first kappa shape index (κ1) is 23.4. The van der Waals surface area contributed by atoms with E-state index in [1.807, 2.05) is 6.92 Å². The van der Waals surface area contributed by atoms with E-state index in [1.165, 1.54) is 17.7 Å². The SMILES string of the molecule is COCc1cc2c(Nc3cc([C@H]4OC[C@@H](OC(=O)NC5(C)CC5)[C@H]4F)[nH]n3)nc(C(F)F)cn2n1. The van der Waals surface area contributed by atoms with Gasteiger partial charge in [0.2, 0.25) is 0 Å².